The van der Waals surface area contributed by atoms with Crippen molar-refractivity contribution in [3.8, 4) is 11.4 Å². The van der Waals surface area contributed by atoms with Crippen molar-refractivity contribution in [1.82, 2.24) is 14.8 Å². The van der Waals surface area contributed by atoms with Crippen LogP contribution in [-0.4, -0.2) is 40.5 Å². The molecule has 0 bridgehead atoms. The van der Waals surface area contributed by atoms with Crippen LogP contribution in [0.25, 0.3) is 11.8 Å². The van der Waals surface area contributed by atoms with Gasteiger partial charge in [0.05, 0.1) is 23.8 Å². The molecule has 0 spiro atoms. The smallest absolute Gasteiger partial charge is 0.328 e. The van der Waals surface area contributed by atoms with E-state index in [2.05, 4.69) is 5.32 Å². The van der Waals surface area contributed by atoms with Crippen LogP contribution in [0.2, 0.25) is 0 Å². The number of carbonyl (C=O) groups is 2. The number of rotatable bonds is 4. The van der Waals surface area contributed by atoms with Gasteiger partial charge in [-0.3, -0.25) is 19.8 Å². The average Bonchev–Trinajstić information content (AvgIpc) is 3.04. The van der Waals surface area contributed by atoms with E-state index < -0.39 is 16.9 Å². The van der Waals surface area contributed by atoms with Crippen LogP contribution in [0.4, 0.5) is 10.5 Å². The average molecular weight is 370 g/mol. The molecule has 1 aliphatic rings. The molecule has 0 saturated carbocycles. The van der Waals surface area contributed by atoms with Gasteiger partial charge in [0.2, 0.25) is 0 Å². The van der Waals surface area contributed by atoms with Crippen molar-refractivity contribution < 1.29 is 19.2 Å². The number of nitro groups is 1. The molecule has 1 aromatic carbocycles. The number of aryl methyl sites for hydroxylation is 1. The Labute approximate surface area is 155 Å². The largest absolute Gasteiger partial charge is 0.494 e. The number of imide groups is 1. The molecule has 3 amide bonds. The van der Waals surface area contributed by atoms with Crippen molar-refractivity contribution in [2.45, 2.75) is 13.8 Å². The predicted molar refractivity (Wildman–Crippen MR) is 97.7 cm³/mol. The van der Waals surface area contributed by atoms with Gasteiger partial charge in [0, 0.05) is 24.5 Å². The monoisotopic (exact) mass is 370 g/mol. The number of nitrogens with zero attached hydrogens (tertiary/aromatic N) is 3. The summed E-state index contributed by atoms with van der Waals surface area (Å²) in [6, 6.07) is 5.77. The van der Waals surface area contributed by atoms with E-state index in [-0.39, 0.29) is 11.4 Å². The van der Waals surface area contributed by atoms with Crippen LogP contribution in [0.15, 0.2) is 30.0 Å². The minimum Gasteiger partial charge on any atom is -0.494 e. The highest BCUT2D eigenvalue weighted by molar-refractivity contribution is 6.13. The second-order valence-corrected chi connectivity index (χ2v) is 6.13. The summed E-state index contributed by atoms with van der Waals surface area (Å²) in [4.78, 5) is 35.2. The first-order valence-corrected chi connectivity index (χ1v) is 8.07. The molecule has 0 atom stereocenters. The highest BCUT2D eigenvalue weighted by atomic mass is 16.6. The van der Waals surface area contributed by atoms with E-state index in [1.54, 1.807) is 12.1 Å². The van der Waals surface area contributed by atoms with E-state index in [1.807, 2.05) is 24.5 Å². The van der Waals surface area contributed by atoms with Gasteiger partial charge >= 0.3 is 6.03 Å². The van der Waals surface area contributed by atoms with Crippen molar-refractivity contribution in [2.24, 2.45) is 0 Å². The van der Waals surface area contributed by atoms with Gasteiger partial charge in [0.1, 0.15) is 11.4 Å². The fourth-order valence-electron chi connectivity index (χ4n) is 3.05. The summed E-state index contributed by atoms with van der Waals surface area (Å²) in [6.45, 7) is 3.72. The molecular formula is C18H18N4O5. The van der Waals surface area contributed by atoms with Crippen LogP contribution in [0.1, 0.15) is 17.0 Å². The van der Waals surface area contributed by atoms with Gasteiger partial charge in [-0.2, -0.15) is 0 Å². The van der Waals surface area contributed by atoms with E-state index >= 15 is 0 Å². The number of likely N-dealkylation sites (N-methyl/N-ethyl adjacent to an activating group) is 1. The first kappa shape index (κ1) is 18.2. The number of ether oxygens (including phenoxy) is 1. The zero-order chi connectivity index (χ0) is 19.9. The lowest BCUT2D eigenvalue weighted by Crippen LogP contribution is -2.25. The Balaban J connectivity index is 2.09. The Hall–Kier alpha value is -3.62. The Morgan fingerprint density at radius 1 is 1.22 bits per heavy atom. The first-order valence-electron chi connectivity index (χ1n) is 8.07. The molecule has 1 fully saturated rings. The Morgan fingerprint density at radius 3 is 2.48 bits per heavy atom. The topological polar surface area (TPSA) is 107 Å². The number of carbonyl (C=O) groups excluding carboxylic acids is 2. The van der Waals surface area contributed by atoms with Gasteiger partial charge in [0.25, 0.3) is 11.6 Å². The minimum absolute atomic E-state index is 0.0669. The highest BCUT2D eigenvalue weighted by Crippen LogP contribution is 2.32. The SMILES string of the molecule is COc1cc([N+](=O)[O-])ccc1-n1c(C)cc(/C=C2/NC(=O)N(C)C2=O)c1C. The molecule has 2 aromatic rings. The van der Waals surface area contributed by atoms with Crippen LogP contribution in [-0.2, 0) is 4.79 Å². The van der Waals surface area contributed by atoms with Crippen LogP contribution in [0.3, 0.4) is 0 Å². The van der Waals surface area contributed by atoms with Crippen molar-refractivity contribution >= 4 is 23.7 Å². The van der Waals surface area contributed by atoms with Crippen LogP contribution in [0, 0.1) is 24.0 Å². The lowest BCUT2D eigenvalue weighted by molar-refractivity contribution is -0.384. The maximum absolute atomic E-state index is 12.1. The van der Waals surface area contributed by atoms with Gasteiger partial charge < -0.3 is 14.6 Å². The number of nitro benzene ring substituents is 1. The van der Waals surface area contributed by atoms with E-state index in [4.69, 9.17) is 4.74 Å². The van der Waals surface area contributed by atoms with E-state index in [0.29, 0.717) is 11.4 Å². The fraction of sp³-hybridized carbons (Fsp3) is 0.222. The molecule has 1 aliphatic heterocycles. The summed E-state index contributed by atoms with van der Waals surface area (Å²) >= 11 is 0. The normalized spacial score (nSPS) is 15.4. The molecule has 0 radical (unpaired) electrons. The van der Waals surface area contributed by atoms with Crippen molar-refractivity contribution in [2.75, 3.05) is 14.2 Å². The second kappa shape index (κ2) is 6.60. The number of non-ortho nitro benzene ring substituents is 1. The molecule has 2 heterocycles. The van der Waals surface area contributed by atoms with Crippen LogP contribution < -0.4 is 10.1 Å². The van der Waals surface area contributed by atoms with Gasteiger partial charge in [-0.05, 0) is 37.6 Å². The summed E-state index contributed by atoms with van der Waals surface area (Å²) in [7, 11) is 2.85. The number of nitrogens with one attached hydrogen (secondary N) is 1. The summed E-state index contributed by atoms with van der Waals surface area (Å²) < 4.78 is 7.20. The molecule has 1 saturated heterocycles. The van der Waals surface area contributed by atoms with Crippen molar-refractivity contribution in [3.63, 3.8) is 0 Å². The maximum atomic E-state index is 12.1. The van der Waals surface area contributed by atoms with Crippen molar-refractivity contribution in [1.29, 1.82) is 0 Å². The van der Waals surface area contributed by atoms with Gasteiger partial charge in [-0.1, -0.05) is 0 Å². The Bertz CT molecular complexity index is 1010. The number of amides is 3. The third-order valence-electron chi connectivity index (χ3n) is 4.47. The zero-order valence-electron chi connectivity index (χ0n) is 15.3. The maximum Gasteiger partial charge on any atom is 0.328 e. The number of benzene rings is 1. The molecule has 27 heavy (non-hydrogen) atoms. The highest BCUT2D eigenvalue weighted by Gasteiger charge is 2.30. The lowest BCUT2D eigenvalue weighted by Gasteiger charge is -2.13. The van der Waals surface area contributed by atoms with E-state index in [0.717, 1.165) is 21.9 Å². The summed E-state index contributed by atoms with van der Waals surface area (Å²) in [5.41, 5.74) is 3.15. The molecule has 9 heteroatoms. The zero-order valence-corrected chi connectivity index (χ0v) is 15.3. The molecule has 0 unspecified atom stereocenters. The molecule has 140 valence electrons. The summed E-state index contributed by atoms with van der Waals surface area (Å²) in [5.74, 6) is -0.0482. The van der Waals surface area contributed by atoms with Gasteiger partial charge in [-0.15, -0.1) is 0 Å². The molecule has 1 N–H and O–H groups in total. The predicted octanol–water partition coefficient (Wildman–Crippen LogP) is 2.53. The number of aromatic nitrogens is 1. The number of urea groups is 1. The minimum atomic E-state index is -0.484. The third kappa shape index (κ3) is 3.03. The number of hydrogen-bond donors (Lipinski definition) is 1. The first-order chi connectivity index (χ1) is 12.7. The standard InChI is InChI=1S/C18H18N4O5/c1-10-7-12(8-14-17(23)20(3)18(24)19-14)11(2)21(10)15-6-5-13(22(25)26)9-16(15)27-4/h5-9H,1-4H3,(H,19,24)/b14-8+. The van der Waals surface area contributed by atoms with Crippen LogP contribution in [0.5, 0.6) is 5.75 Å². The van der Waals surface area contributed by atoms with Crippen molar-refractivity contribution in [3.05, 3.63) is 57.0 Å². The Morgan fingerprint density at radius 2 is 1.93 bits per heavy atom. The second-order valence-electron chi connectivity index (χ2n) is 6.13. The molecule has 3 rings (SSSR count). The van der Waals surface area contributed by atoms with Gasteiger partial charge in [-0.25, -0.2) is 4.79 Å². The Kier molecular flexibility index (Phi) is 4.44. The third-order valence-corrected chi connectivity index (χ3v) is 4.47. The van der Waals surface area contributed by atoms with E-state index in [9.17, 15) is 19.7 Å². The van der Waals surface area contributed by atoms with Gasteiger partial charge in [0.15, 0.2) is 0 Å². The number of methoxy groups -OCH3 is 1. The quantitative estimate of drug-likeness (QED) is 0.385. The lowest BCUT2D eigenvalue weighted by atomic mass is 10.2. The number of hydrogen-bond acceptors (Lipinski definition) is 5. The fourth-order valence-corrected chi connectivity index (χ4v) is 3.05. The molecule has 0 aliphatic carbocycles. The van der Waals surface area contributed by atoms with Crippen LogP contribution >= 0.6 is 0 Å². The molecule has 1 aromatic heterocycles. The molecule has 9 nitrogen and oxygen atoms in total. The summed E-state index contributed by atoms with van der Waals surface area (Å²) in [5, 5.41) is 13.5. The molecular weight excluding hydrogens is 352 g/mol. The van der Waals surface area contributed by atoms with E-state index in [1.165, 1.54) is 26.3 Å². The summed E-state index contributed by atoms with van der Waals surface area (Å²) in [6.07, 6.45) is 1.61.